The van der Waals surface area contributed by atoms with Gasteiger partial charge in [-0.15, -0.1) is 0 Å². The van der Waals surface area contributed by atoms with Gasteiger partial charge >= 0.3 is 6.03 Å². The summed E-state index contributed by atoms with van der Waals surface area (Å²) in [5.74, 6) is 0.389. The highest BCUT2D eigenvalue weighted by atomic mass is 16.3. The number of likely N-dealkylation sites (N-methyl/N-ethyl adjacent to an activating group) is 1. The number of nitrogens with zero attached hydrogens (tertiary/aromatic N) is 2. The highest BCUT2D eigenvalue weighted by molar-refractivity contribution is 5.74. The number of aliphatic hydroxyl groups excluding tert-OH is 1. The molecule has 2 aliphatic rings. The summed E-state index contributed by atoms with van der Waals surface area (Å²) in [5, 5.41) is 13.0. The molecule has 2 N–H and O–H groups in total. The molecule has 0 unspecified atom stereocenters. The minimum atomic E-state index is -0.387. The topological polar surface area (TPSA) is 55.8 Å². The third kappa shape index (κ3) is 4.53. The molecule has 1 fully saturated rings. The Kier molecular flexibility index (Phi) is 5.35. The quantitative estimate of drug-likeness (QED) is 0.831. The molecular formula is C20H31N3O2. The fourth-order valence-corrected chi connectivity index (χ4v) is 3.54. The maximum atomic E-state index is 12.3. The van der Waals surface area contributed by atoms with Crippen LogP contribution in [0.5, 0.6) is 0 Å². The zero-order valence-electron chi connectivity index (χ0n) is 15.7. The van der Waals surface area contributed by atoms with Crippen molar-refractivity contribution >= 4 is 6.03 Å². The van der Waals surface area contributed by atoms with E-state index in [1.807, 2.05) is 0 Å². The fraction of sp³-hybridized carbons (Fsp3) is 0.650. The molecule has 0 bridgehead atoms. The first-order valence-electron chi connectivity index (χ1n) is 9.36. The van der Waals surface area contributed by atoms with Crippen molar-refractivity contribution in [2.24, 2.45) is 5.92 Å². The predicted molar refractivity (Wildman–Crippen MR) is 99.4 cm³/mol. The molecule has 1 aliphatic carbocycles. The lowest BCUT2D eigenvalue weighted by atomic mass is 9.94. The number of rotatable bonds is 6. The van der Waals surface area contributed by atoms with Gasteiger partial charge in [0.05, 0.1) is 6.10 Å². The van der Waals surface area contributed by atoms with Crippen molar-refractivity contribution in [1.82, 2.24) is 15.1 Å². The van der Waals surface area contributed by atoms with E-state index in [-0.39, 0.29) is 17.7 Å². The van der Waals surface area contributed by atoms with Gasteiger partial charge in [0.15, 0.2) is 0 Å². The number of aliphatic hydroxyl groups is 1. The number of nitrogens with one attached hydrogen (secondary N) is 1. The van der Waals surface area contributed by atoms with Gasteiger partial charge in [0, 0.05) is 38.8 Å². The maximum Gasteiger partial charge on any atom is 0.317 e. The molecule has 2 amide bonds. The van der Waals surface area contributed by atoms with Crippen LogP contribution >= 0.6 is 0 Å². The highest BCUT2D eigenvalue weighted by Crippen LogP contribution is 2.32. The molecule has 1 saturated carbocycles. The van der Waals surface area contributed by atoms with Crippen molar-refractivity contribution in [1.29, 1.82) is 0 Å². The molecule has 1 aliphatic heterocycles. The number of hydrogen-bond acceptors (Lipinski definition) is 3. The summed E-state index contributed by atoms with van der Waals surface area (Å²) in [6.07, 6.45) is 2.84. The van der Waals surface area contributed by atoms with Gasteiger partial charge < -0.3 is 15.3 Å². The van der Waals surface area contributed by atoms with Crippen molar-refractivity contribution in [3.05, 3.63) is 35.4 Å². The zero-order chi connectivity index (χ0) is 18.0. The van der Waals surface area contributed by atoms with Crippen LogP contribution in [0.15, 0.2) is 24.3 Å². The van der Waals surface area contributed by atoms with E-state index in [1.165, 1.54) is 11.1 Å². The Balaban J connectivity index is 1.50. The number of carbonyl (C=O) groups excluding carboxylic acids is 1. The van der Waals surface area contributed by atoms with Gasteiger partial charge in [0.25, 0.3) is 0 Å². The summed E-state index contributed by atoms with van der Waals surface area (Å²) >= 11 is 0. The normalized spacial score (nSPS) is 19.2. The summed E-state index contributed by atoms with van der Waals surface area (Å²) in [6, 6.07) is 8.50. The largest absolute Gasteiger partial charge is 0.391 e. The van der Waals surface area contributed by atoms with Crippen LogP contribution in [0.4, 0.5) is 4.79 Å². The maximum absolute atomic E-state index is 12.3. The van der Waals surface area contributed by atoms with Crippen LogP contribution in [0, 0.1) is 5.92 Å². The Morgan fingerprint density at radius 2 is 2.04 bits per heavy atom. The van der Waals surface area contributed by atoms with Crippen LogP contribution in [0.1, 0.15) is 37.8 Å². The molecule has 1 aromatic rings. The van der Waals surface area contributed by atoms with Crippen LogP contribution in [0.2, 0.25) is 0 Å². The van der Waals surface area contributed by atoms with E-state index < -0.39 is 0 Å². The summed E-state index contributed by atoms with van der Waals surface area (Å²) < 4.78 is 0. The van der Waals surface area contributed by atoms with Gasteiger partial charge in [-0.3, -0.25) is 4.90 Å². The number of benzene rings is 1. The van der Waals surface area contributed by atoms with Crippen molar-refractivity contribution in [2.75, 3.05) is 26.7 Å². The first kappa shape index (κ1) is 18.2. The van der Waals surface area contributed by atoms with E-state index in [4.69, 9.17) is 0 Å². The Labute approximate surface area is 151 Å². The van der Waals surface area contributed by atoms with Crippen LogP contribution in [-0.2, 0) is 13.0 Å². The summed E-state index contributed by atoms with van der Waals surface area (Å²) in [7, 11) is 1.76. The van der Waals surface area contributed by atoms with Crippen LogP contribution in [0.3, 0.4) is 0 Å². The number of fused-ring (bicyclic) bond motifs is 1. The average molecular weight is 345 g/mol. The molecule has 5 heteroatoms. The molecule has 0 saturated heterocycles. The molecule has 1 aromatic carbocycles. The number of amides is 2. The number of hydrogen-bond donors (Lipinski definition) is 2. The van der Waals surface area contributed by atoms with E-state index in [2.05, 4.69) is 48.3 Å². The van der Waals surface area contributed by atoms with Gasteiger partial charge in [0.1, 0.15) is 0 Å². The van der Waals surface area contributed by atoms with Gasteiger partial charge in [0.2, 0.25) is 0 Å². The first-order chi connectivity index (χ1) is 11.9. The molecule has 1 heterocycles. The number of carbonyl (C=O) groups is 1. The smallest absolute Gasteiger partial charge is 0.317 e. The summed E-state index contributed by atoms with van der Waals surface area (Å²) in [5.41, 5.74) is 2.71. The SMILES string of the molecule is CN(C[C@H](O)C1CC1)C(=O)NCC(C)(C)N1CCc2ccccc2C1. The third-order valence-corrected chi connectivity index (χ3v) is 5.63. The van der Waals surface area contributed by atoms with Crippen molar-refractivity contribution < 1.29 is 9.90 Å². The van der Waals surface area contributed by atoms with Crippen molar-refractivity contribution in [2.45, 2.75) is 51.3 Å². The highest BCUT2D eigenvalue weighted by Gasteiger charge is 2.32. The average Bonchev–Trinajstić information content (AvgIpc) is 3.44. The molecule has 3 rings (SSSR count). The van der Waals surface area contributed by atoms with E-state index in [9.17, 15) is 9.90 Å². The molecule has 1 atom stereocenters. The van der Waals surface area contributed by atoms with E-state index in [0.717, 1.165) is 32.4 Å². The second-order valence-electron chi connectivity index (χ2n) is 8.20. The molecular weight excluding hydrogens is 314 g/mol. The van der Waals surface area contributed by atoms with Gasteiger partial charge in [-0.25, -0.2) is 4.79 Å². The molecule has 138 valence electrons. The molecule has 25 heavy (non-hydrogen) atoms. The fourth-order valence-electron chi connectivity index (χ4n) is 3.54. The number of urea groups is 1. The molecule has 5 nitrogen and oxygen atoms in total. The Hall–Kier alpha value is -1.59. The minimum Gasteiger partial charge on any atom is -0.391 e. The summed E-state index contributed by atoms with van der Waals surface area (Å²) in [6.45, 7) is 7.30. The predicted octanol–water partition coefficient (Wildman–Crippen LogP) is 2.24. The lowest BCUT2D eigenvalue weighted by molar-refractivity contribution is 0.0958. The van der Waals surface area contributed by atoms with E-state index >= 15 is 0 Å². The molecule has 0 radical (unpaired) electrons. The van der Waals surface area contributed by atoms with E-state index in [1.54, 1.807) is 11.9 Å². The zero-order valence-corrected chi connectivity index (χ0v) is 15.7. The van der Waals surface area contributed by atoms with Gasteiger partial charge in [-0.05, 0) is 50.2 Å². The Bertz CT molecular complexity index is 613. The van der Waals surface area contributed by atoms with Crippen LogP contribution < -0.4 is 5.32 Å². The standard InChI is InChI=1S/C20H31N3O2/c1-20(2,23-11-10-15-6-4-5-7-17(15)12-23)14-21-19(25)22(3)13-18(24)16-8-9-16/h4-7,16,18,24H,8-14H2,1-3H3,(H,21,25)/t18-/m0/s1. The minimum absolute atomic E-state index is 0.106. The van der Waals surface area contributed by atoms with Crippen LogP contribution in [-0.4, -0.2) is 59.3 Å². The lowest BCUT2D eigenvalue weighted by Crippen LogP contribution is -2.54. The molecule has 0 spiro atoms. The van der Waals surface area contributed by atoms with Crippen molar-refractivity contribution in [3.63, 3.8) is 0 Å². The lowest BCUT2D eigenvalue weighted by Gasteiger charge is -2.42. The summed E-state index contributed by atoms with van der Waals surface area (Å²) in [4.78, 5) is 16.4. The first-order valence-corrected chi connectivity index (χ1v) is 9.36. The Morgan fingerprint density at radius 1 is 1.36 bits per heavy atom. The van der Waals surface area contributed by atoms with E-state index in [0.29, 0.717) is 19.0 Å². The second kappa shape index (κ2) is 7.34. The van der Waals surface area contributed by atoms with Gasteiger partial charge in [-0.2, -0.15) is 0 Å². The Morgan fingerprint density at radius 3 is 2.72 bits per heavy atom. The van der Waals surface area contributed by atoms with Crippen LogP contribution in [0.25, 0.3) is 0 Å². The van der Waals surface area contributed by atoms with Crippen molar-refractivity contribution in [3.8, 4) is 0 Å². The van der Waals surface area contributed by atoms with Gasteiger partial charge in [-0.1, -0.05) is 24.3 Å². The molecule has 0 aromatic heterocycles. The second-order valence-corrected chi connectivity index (χ2v) is 8.20. The monoisotopic (exact) mass is 345 g/mol. The third-order valence-electron chi connectivity index (χ3n) is 5.63.